The first-order valence-corrected chi connectivity index (χ1v) is 30.8. The van der Waals surface area contributed by atoms with Gasteiger partial charge in [-0.3, -0.25) is 0 Å². The van der Waals surface area contributed by atoms with Gasteiger partial charge in [-0.1, -0.05) is 151 Å². The van der Waals surface area contributed by atoms with Crippen molar-refractivity contribution in [3.63, 3.8) is 0 Å². The van der Waals surface area contributed by atoms with Gasteiger partial charge in [0.1, 0.15) is 5.82 Å². The number of rotatable bonds is 9. The number of piperidine rings is 3. The highest BCUT2D eigenvalue weighted by molar-refractivity contribution is 9.11. The lowest BCUT2D eigenvalue weighted by molar-refractivity contribution is 0.0309. The molecule has 13 heteroatoms. The number of nitrogens with one attached hydrogen (secondary N) is 1. The Balaban J connectivity index is 0.000000146. The molecule has 4 aromatic rings. The van der Waals surface area contributed by atoms with Crippen LogP contribution in [-0.2, 0) is 20.0 Å². The molecular weight excluding hydrogens is 1130 g/mol. The van der Waals surface area contributed by atoms with Crippen molar-refractivity contribution in [1.82, 2.24) is 13.9 Å². The van der Waals surface area contributed by atoms with Gasteiger partial charge >= 0.3 is 0 Å². The number of nitrogens with zero attached hydrogens (tertiary/aromatic N) is 2. The van der Waals surface area contributed by atoms with Gasteiger partial charge in [-0.15, -0.1) is 13.2 Å². The van der Waals surface area contributed by atoms with E-state index in [2.05, 4.69) is 152 Å². The lowest BCUT2D eigenvalue weighted by Crippen LogP contribution is -2.58. The maximum Gasteiger partial charge on any atom is 0.243 e. The molecule has 0 amide bonds. The van der Waals surface area contributed by atoms with Crippen LogP contribution in [0.5, 0.6) is 0 Å². The molecule has 6 heterocycles. The van der Waals surface area contributed by atoms with Crippen LogP contribution in [0.2, 0.25) is 0 Å². The van der Waals surface area contributed by atoms with Gasteiger partial charge in [0.05, 0.1) is 23.2 Å². The van der Waals surface area contributed by atoms with Crippen LogP contribution in [-0.4, -0.2) is 49.8 Å². The molecule has 0 radical (unpaired) electrons. The molecule has 71 heavy (non-hydrogen) atoms. The highest BCUT2D eigenvalue weighted by atomic mass is 79.9. The third-order valence-corrected chi connectivity index (χ3v) is 21.8. The second-order valence-electron chi connectivity index (χ2n) is 24.1. The number of halogens is 4. The van der Waals surface area contributed by atoms with Gasteiger partial charge in [-0.25, -0.2) is 21.2 Å². The van der Waals surface area contributed by atoms with Crippen LogP contribution in [0, 0.1) is 28.0 Å². The number of sulfonamides is 2. The monoisotopic (exact) mass is 1200 g/mol. The SMILES string of the molecule is C=C(C)CC1C2c3c(Br)cccc3C(CC2(C)C)N1S(=O)(=O)c1ccc(F)cc1.C=C(C)CC1C2c3c(Br)cccc3C(CC2(C)C)N1S(C)(=O)=O.CC(C)CC1NC2CC(C)(C)C1c1c(Br)cccc12. The standard InChI is InChI=1S/C23H25BrFNO2S.C18H24BrNO2S.C17H24BrN/c1-14(2)12-19-22-21-17(6-5-7-18(21)24)20(13-23(22,3)4)26(19)29(27,28)16-10-8-15(25)9-11-16;1-11(2)9-14-17-16-12(7-6-8-13(16)19)15(10-18(17,3)4)20(14)23(5,21)22;1-10(2)8-13-16-15-11(6-5-7-12(15)18)14(19-13)9-17(16,3)4/h5-11,19-20,22H,1,12-13H2,2-4H3;6-8,14-15,17H,1,9-10H2,2-5H3;5-7,10,13-14,16,19H,8-9H2,1-4H3. The zero-order chi connectivity index (χ0) is 52.1. The van der Waals surface area contributed by atoms with Gasteiger partial charge in [-0.05, 0) is 150 Å². The van der Waals surface area contributed by atoms with Crippen LogP contribution in [0.4, 0.5) is 4.39 Å². The minimum absolute atomic E-state index is 0.0324. The normalized spacial score (nSPS) is 28.4. The summed E-state index contributed by atoms with van der Waals surface area (Å²) in [5, 5.41) is 3.90. The molecule has 9 atom stereocenters. The molecule has 6 aliphatic heterocycles. The smallest absolute Gasteiger partial charge is 0.243 e. The van der Waals surface area contributed by atoms with Crippen LogP contribution < -0.4 is 5.32 Å². The van der Waals surface area contributed by atoms with Crippen molar-refractivity contribution >= 4 is 67.8 Å². The summed E-state index contributed by atoms with van der Waals surface area (Å²) in [6.07, 6.45) is 6.77. The van der Waals surface area contributed by atoms with E-state index < -0.39 is 25.9 Å². The van der Waals surface area contributed by atoms with E-state index in [1.165, 1.54) is 64.5 Å². The number of hydrogen-bond donors (Lipinski definition) is 1. The molecule has 1 N–H and O–H groups in total. The summed E-state index contributed by atoms with van der Waals surface area (Å²) >= 11 is 11.2. The van der Waals surface area contributed by atoms with E-state index in [1.54, 1.807) is 14.2 Å². The topological polar surface area (TPSA) is 86.8 Å². The van der Waals surface area contributed by atoms with Crippen LogP contribution >= 0.6 is 47.8 Å². The molecule has 4 aromatic carbocycles. The van der Waals surface area contributed by atoms with Gasteiger partial charge in [0.15, 0.2) is 0 Å². The van der Waals surface area contributed by atoms with Gasteiger partial charge < -0.3 is 5.32 Å². The van der Waals surface area contributed by atoms with Crippen molar-refractivity contribution in [2.75, 3.05) is 6.26 Å². The average molecular weight is 1200 g/mol. The third kappa shape index (κ3) is 10.2. The Kier molecular flexibility index (Phi) is 15.3. The quantitative estimate of drug-likeness (QED) is 0.169. The highest BCUT2D eigenvalue weighted by Gasteiger charge is 2.59. The number of benzene rings is 4. The molecule has 6 bridgehead atoms. The van der Waals surface area contributed by atoms with E-state index >= 15 is 0 Å². The average Bonchev–Trinajstić information content (AvgIpc) is 3.23. The lowest BCUT2D eigenvalue weighted by Gasteiger charge is -2.58. The van der Waals surface area contributed by atoms with E-state index in [-0.39, 0.29) is 51.7 Å². The third-order valence-electron chi connectivity index (χ3n) is 16.4. The van der Waals surface area contributed by atoms with E-state index in [4.69, 9.17) is 0 Å². The predicted octanol–water partition coefficient (Wildman–Crippen LogP) is 15.8. The molecular formula is C58H73Br3FN3O4S2. The number of fused-ring (bicyclic) bond motifs is 6. The van der Waals surface area contributed by atoms with Crippen LogP contribution in [0.15, 0.2) is 121 Å². The first-order chi connectivity index (χ1) is 33.0. The summed E-state index contributed by atoms with van der Waals surface area (Å²) in [5.41, 5.74) is 10.2. The molecule has 0 saturated carbocycles. The molecule has 7 nitrogen and oxygen atoms in total. The molecule has 0 spiro atoms. The van der Waals surface area contributed by atoms with Gasteiger partial charge in [0.25, 0.3) is 0 Å². The summed E-state index contributed by atoms with van der Waals surface area (Å²) in [5.74, 6) is 1.14. The van der Waals surface area contributed by atoms with Crippen LogP contribution in [0.1, 0.15) is 177 Å². The summed E-state index contributed by atoms with van der Waals surface area (Å²) < 4.78 is 72.9. The van der Waals surface area contributed by atoms with Crippen molar-refractivity contribution in [2.24, 2.45) is 22.2 Å². The Bertz CT molecular complexity index is 2960. The summed E-state index contributed by atoms with van der Waals surface area (Å²) in [6, 6.07) is 24.6. The second kappa shape index (κ2) is 19.9. The molecule has 13 rings (SSSR count). The zero-order valence-electron chi connectivity index (χ0n) is 43.3. The van der Waals surface area contributed by atoms with Crippen molar-refractivity contribution < 1.29 is 21.2 Å². The van der Waals surface area contributed by atoms with Crippen LogP contribution in [0.25, 0.3) is 0 Å². The van der Waals surface area contributed by atoms with Crippen molar-refractivity contribution in [3.8, 4) is 0 Å². The fourth-order valence-electron chi connectivity index (χ4n) is 14.2. The molecule has 3 aliphatic carbocycles. The molecule has 9 aliphatic rings. The van der Waals surface area contributed by atoms with E-state index in [1.807, 2.05) is 38.1 Å². The second-order valence-corrected chi connectivity index (χ2v) is 30.4. The molecule has 9 unspecified atom stereocenters. The summed E-state index contributed by atoms with van der Waals surface area (Å²) in [4.78, 5) is 0.132. The van der Waals surface area contributed by atoms with Crippen molar-refractivity contribution in [2.45, 2.75) is 167 Å². The first kappa shape index (κ1) is 54.8. The van der Waals surface area contributed by atoms with Gasteiger partial charge in [0, 0.05) is 55.3 Å². The van der Waals surface area contributed by atoms with Crippen molar-refractivity contribution in [3.05, 3.63) is 156 Å². The lowest BCUT2D eigenvalue weighted by atomic mass is 9.58. The fraction of sp³-hybridized carbons (Fsp3) is 0.517. The Morgan fingerprint density at radius 2 is 1.06 bits per heavy atom. The van der Waals surface area contributed by atoms with E-state index in [0.29, 0.717) is 36.3 Å². The number of hydrogen-bond acceptors (Lipinski definition) is 5. The Morgan fingerprint density at radius 3 is 1.49 bits per heavy atom. The first-order valence-electron chi connectivity index (χ1n) is 25.1. The van der Waals surface area contributed by atoms with Gasteiger partial charge in [-0.2, -0.15) is 8.61 Å². The Labute approximate surface area is 450 Å². The fourth-order valence-corrected chi connectivity index (χ4v) is 19.2. The summed E-state index contributed by atoms with van der Waals surface area (Å²) in [6.45, 7) is 30.6. The largest absolute Gasteiger partial charge is 0.306 e. The van der Waals surface area contributed by atoms with E-state index in [9.17, 15) is 21.2 Å². The molecule has 384 valence electrons. The maximum absolute atomic E-state index is 13.7. The Morgan fingerprint density at radius 1 is 0.648 bits per heavy atom. The molecule has 3 saturated heterocycles. The van der Waals surface area contributed by atoms with Crippen molar-refractivity contribution in [1.29, 1.82) is 0 Å². The Hall–Kier alpha value is -2.49. The zero-order valence-corrected chi connectivity index (χ0v) is 49.7. The predicted molar refractivity (Wildman–Crippen MR) is 299 cm³/mol. The highest BCUT2D eigenvalue weighted by Crippen LogP contribution is 2.64. The van der Waals surface area contributed by atoms with Crippen LogP contribution in [0.3, 0.4) is 0 Å². The molecule has 3 fully saturated rings. The molecule has 0 aromatic heterocycles. The maximum atomic E-state index is 13.7. The van der Waals surface area contributed by atoms with Gasteiger partial charge in [0.2, 0.25) is 20.0 Å². The minimum atomic E-state index is -3.80. The minimum Gasteiger partial charge on any atom is -0.306 e. The van der Waals surface area contributed by atoms with E-state index in [0.717, 1.165) is 50.0 Å². The summed E-state index contributed by atoms with van der Waals surface area (Å²) in [7, 11) is -7.08.